The van der Waals surface area contributed by atoms with Gasteiger partial charge >= 0.3 is 0 Å². The molecular weight excluding hydrogens is 296 g/mol. The van der Waals surface area contributed by atoms with Gasteiger partial charge in [0.05, 0.1) is 0 Å². The molecule has 3 nitrogen and oxygen atoms in total. The van der Waals surface area contributed by atoms with E-state index in [9.17, 15) is 4.79 Å². The van der Waals surface area contributed by atoms with Gasteiger partial charge in [-0.25, -0.2) is 0 Å². The van der Waals surface area contributed by atoms with Gasteiger partial charge in [0, 0.05) is 24.3 Å². The minimum Gasteiger partial charge on any atom is -0.326 e. The average Bonchev–Trinajstić information content (AvgIpc) is 3.37. The number of para-hydroxylation sites is 1. The molecule has 1 aliphatic rings. The predicted molar refractivity (Wildman–Crippen MR) is 92.4 cm³/mol. The maximum Gasteiger partial charge on any atom is 0.258 e. The molecule has 0 unspecified atom stereocenters. The van der Waals surface area contributed by atoms with Crippen molar-refractivity contribution in [1.82, 2.24) is 0 Å². The number of nitrogens with zero attached hydrogens (tertiary/aromatic N) is 1. The highest BCUT2D eigenvalue weighted by Gasteiger charge is 2.28. The van der Waals surface area contributed by atoms with Crippen molar-refractivity contribution in [3.05, 3.63) is 65.7 Å². The topological polar surface area (TPSA) is 46.3 Å². The van der Waals surface area contributed by atoms with Gasteiger partial charge in [-0.1, -0.05) is 30.3 Å². The van der Waals surface area contributed by atoms with Gasteiger partial charge in [0.15, 0.2) is 0 Å². The molecule has 0 saturated heterocycles. The highest BCUT2D eigenvalue weighted by atomic mass is 35.5. The minimum absolute atomic E-state index is 0. The first-order valence-corrected chi connectivity index (χ1v) is 7.44. The second-order valence-electron chi connectivity index (χ2n) is 5.60. The molecule has 2 aromatic rings. The molecule has 0 bridgehead atoms. The zero-order valence-corrected chi connectivity index (χ0v) is 13.3. The second-order valence-corrected chi connectivity index (χ2v) is 5.60. The van der Waals surface area contributed by atoms with Crippen molar-refractivity contribution >= 4 is 24.0 Å². The maximum atomic E-state index is 12.8. The summed E-state index contributed by atoms with van der Waals surface area (Å²) < 4.78 is 0. The predicted octanol–water partition coefficient (Wildman–Crippen LogP) is 3.62. The van der Waals surface area contributed by atoms with Gasteiger partial charge in [-0.3, -0.25) is 4.79 Å². The smallest absolute Gasteiger partial charge is 0.258 e. The second kappa shape index (κ2) is 7.43. The van der Waals surface area contributed by atoms with Crippen molar-refractivity contribution in [3.8, 4) is 0 Å². The van der Waals surface area contributed by atoms with E-state index in [4.69, 9.17) is 5.73 Å². The normalized spacial score (nSPS) is 13.3. The summed E-state index contributed by atoms with van der Waals surface area (Å²) in [6.45, 7) is 1.31. The third-order valence-corrected chi connectivity index (χ3v) is 3.89. The molecule has 1 saturated carbocycles. The van der Waals surface area contributed by atoms with Crippen LogP contribution in [0.3, 0.4) is 0 Å². The van der Waals surface area contributed by atoms with Crippen LogP contribution in [0.1, 0.15) is 28.8 Å². The SMILES string of the molecule is Cl.NCc1ccc(C(=O)N(CC2CC2)c2ccccc2)cc1. The number of anilines is 1. The van der Waals surface area contributed by atoms with Crippen LogP contribution in [0.2, 0.25) is 0 Å². The highest BCUT2D eigenvalue weighted by Crippen LogP contribution is 2.32. The monoisotopic (exact) mass is 316 g/mol. The fraction of sp³-hybridized carbons (Fsp3) is 0.278. The zero-order chi connectivity index (χ0) is 14.7. The Balaban J connectivity index is 0.00000176. The van der Waals surface area contributed by atoms with E-state index in [0.29, 0.717) is 12.5 Å². The summed E-state index contributed by atoms with van der Waals surface area (Å²) in [5, 5.41) is 0. The fourth-order valence-corrected chi connectivity index (χ4v) is 2.41. The molecule has 4 heteroatoms. The number of halogens is 1. The molecule has 1 aliphatic carbocycles. The Hall–Kier alpha value is -1.84. The summed E-state index contributed by atoms with van der Waals surface area (Å²) in [6.07, 6.45) is 2.45. The average molecular weight is 317 g/mol. The summed E-state index contributed by atoms with van der Waals surface area (Å²) in [6, 6.07) is 17.5. The summed E-state index contributed by atoms with van der Waals surface area (Å²) in [5.74, 6) is 0.717. The van der Waals surface area contributed by atoms with E-state index in [2.05, 4.69) is 0 Å². The molecule has 116 valence electrons. The van der Waals surface area contributed by atoms with Crippen LogP contribution < -0.4 is 10.6 Å². The molecule has 1 amide bonds. The van der Waals surface area contributed by atoms with Crippen molar-refractivity contribution in [2.75, 3.05) is 11.4 Å². The molecule has 0 heterocycles. The molecule has 0 atom stereocenters. The number of rotatable bonds is 5. The van der Waals surface area contributed by atoms with Gasteiger partial charge in [-0.2, -0.15) is 0 Å². The van der Waals surface area contributed by atoms with Gasteiger partial charge in [0.2, 0.25) is 0 Å². The first kappa shape index (κ1) is 16.5. The van der Waals surface area contributed by atoms with Gasteiger partial charge in [-0.05, 0) is 48.6 Å². The lowest BCUT2D eigenvalue weighted by Crippen LogP contribution is -2.32. The van der Waals surface area contributed by atoms with Crippen LogP contribution in [0.15, 0.2) is 54.6 Å². The maximum absolute atomic E-state index is 12.8. The standard InChI is InChI=1S/C18H20N2O.ClH/c19-12-14-8-10-16(11-9-14)18(21)20(13-15-6-7-15)17-4-2-1-3-5-17;/h1-5,8-11,15H,6-7,12-13,19H2;1H. The fourth-order valence-electron chi connectivity index (χ4n) is 2.41. The van der Waals surface area contributed by atoms with Crippen LogP contribution in [-0.4, -0.2) is 12.5 Å². The van der Waals surface area contributed by atoms with Crippen LogP contribution in [0.4, 0.5) is 5.69 Å². The first-order chi connectivity index (χ1) is 10.3. The Bertz CT molecular complexity index is 609. The van der Waals surface area contributed by atoms with Gasteiger partial charge < -0.3 is 10.6 Å². The van der Waals surface area contributed by atoms with Crippen LogP contribution in [-0.2, 0) is 6.54 Å². The van der Waals surface area contributed by atoms with Gasteiger partial charge in [-0.15, -0.1) is 12.4 Å². The van der Waals surface area contributed by atoms with E-state index < -0.39 is 0 Å². The third-order valence-electron chi connectivity index (χ3n) is 3.89. The lowest BCUT2D eigenvalue weighted by molar-refractivity contribution is 0.0985. The Morgan fingerprint density at radius 1 is 1.05 bits per heavy atom. The van der Waals surface area contributed by atoms with Gasteiger partial charge in [0.1, 0.15) is 0 Å². The molecule has 0 radical (unpaired) electrons. The number of hydrogen-bond acceptors (Lipinski definition) is 2. The molecule has 0 spiro atoms. The van der Waals surface area contributed by atoms with Crippen LogP contribution in [0.25, 0.3) is 0 Å². The Morgan fingerprint density at radius 3 is 2.23 bits per heavy atom. The van der Waals surface area contributed by atoms with E-state index in [1.54, 1.807) is 0 Å². The van der Waals surface area contributed by atoms with Crippen LogP contribution in [0, 0.1) is 5.92 Å². The first-order valence-electron chi connectivity index (χ1n) is 7.44. The lowest BCUT2D eigenvalue weighted by atomic mass is 10.1. The molecule has 0 aromatic heterocycles. The molecule has 0 aliphatic heterocycles. The van der Waals surface area contributed by atoms with Crippen molar-refractivity contribution in [1.29, 1.82) is 0 Å². The van der Waals surface area contributed by atoms with Crippen molar-refractivity contribution < 1.29 is 4.79 Å². The Morgan fingerprint density at radius 2 is 1.68 bits per heavy atom. The lowest BCUT2D eigenvalue weighted by Gasteiger charge is -2.23. The summed E-state index contributed by atoms with van der Waals surface area (Å²) in [7, 11) is 0. The van der Waals surface area contributed by atoms with Crippen LogP contribution in [0.5, 0.6) is 0 Å². The van der Waals surface area contributed by atoms with E-state index in [-0.39, 0.29) is 18.3 Å². The molecule has 22 heavy (non-hydrogen) atoms. The highest BCUT2D eigenvalue weighted by molar-refractivity contribution is 6.06. The number of carbonyl (C=O) groups excluding carboxylic acids is 1. The molecule has 2 N–H and O–H groups in total. The summed E-state index contributed by atoms with van der Waals surface area (Å²) in [4.78, 5) is 14.7. The Labute approximate surface area is 137 Å². The number of amides is 1. The largest absolute Gasteiger partial charge is 0.326 e. The van der Waals surface area contributed by atoms with Crippen molar-refractivity contribution in [2.24, 2.45) is 11.7 Å². The van der Waals surface area contributed by atoms with E-state index in [1.807, 2.05) is 59.5 Å². The van der Waals surface area contributed by atoms with Crippen molar-refractivity contribution in [3.63, 3.8) is 0 Å². The number of nitrogens with two attached hydrogens (primary N) is 1. The zero-order valence-electron chi connectivity index (χ0n) is 12.4. The number of carbonyl (C=O) groups is 1. The number of hydrogen-bond donors (Lipinski definition) is 1. The molecule has 3 rings (SSSR count). The number of benzene rings is 2. The van der Waals surface area contributed by atoms with E-state index in [1.165, 1.54) is 12.8 Å². The van der Waals surface area contributed by atoms with Crippen molar-refractivity contribution in [2.45, 2.75) is 19.4 Å². The Kier molecular flexibility index (Phi) is 5.58. The van der Waals surface area contributed by atoms with Gasteiger partial charge in [0.25, 0.3) is 5.91 Å². The molecular formula is C18H21ClN2O. The quantitative estimate of drug-likeness (QED) is 0.915. The summed E-state index contributed by atoms with van der Waals surface area (Å²) >= 11 is 0. The molecule has 2 aromatic carbocycles. The minimum atomic E-state index is 0. The third kappa shape index (κ3) is 3.87. The van der Waals surface area contributed by atoms with E-state index in [0.717, 1.165) is 23.4 Å². The molecule has 1 fully saturated rings. The van der Waals surface area contributed by atoms with E-state index >= 15 is 0 Å². The van der Waals surface area contributed by atoms with Crippen LogP contribution >= 0.6 is 12.4 Å². The summed E-state index contributed by atoms with van der Waals surface area (Å²) in [5.41, 5.74) is 8.34.